The van der Waals surface area contributed by atoms with Crippen molar-refractivity contribution in [2.45, 2.75) is 33.2 Å². The Kier molecular flexibility index (Phi) is 4.87. The van der Waals surface area contributed by atoms with Crippen LogP contribution in [0.15, 0.2) is 23.0 Å². The molecule has 0 saturated carbocycles. The summed E-state index contributed by atoms with van der Waals surface area (Å²) in [4.78, 5) is 18.6. The first-order valence-electron chi connectivity index (χ1n) is 8.16. The van der Waals surface area contributed by atoms with E-state index in [0.717, 1.165) is 53.0 Å². The molecule has 0 radical (unpaired) electrons. The van der Waals surface area contributed by atoms with Gasteiger partial charge in [0.1, 0.15) is 5.75 Å². The van der Waals surface area contributed by atoms with Gasteiger partial charge in [0, 0.05) is 18.0 Å². The minimum atomic E-state index is 0.0218. The van der Waals surface area contributed by atoms with Crippen molar-refractivity contribution < 1.29 is 4.74 Å². The second-order valence-corrected chi connectivity index (χ2v) is 7.55. The zero-order valence-electron chi connectivity index (χ0n) is 14.0. The molecule has 1 aromatic carbocycles. The summed E-state index contributed by atoms with van der Waals surface area (Å²) in [5, 5.41) is 0. The largest absolute Gasteiger partial charge is 0.496 e. The van der Waals surface area contributed by atoms with Crippen molar-refractivity contribution in [3.63, 3.8) is 0 Å². The van der Waals surface area contributed by atoms with E-state index in [-0.39, 0.29) is 4.87 Å². The van der Waals surface area contributed by atoms with Crippen LogP contribution in [0.3, 0.4) is 0 Å². The number of H-pyrrole nitrogens is 1. The van der Waals surface area contributed by atoms with Crippen LogP contribution in [0.2, 0.25) is 0 Å². The lowest BCUT2D eigenvalue weighted by molar-refractivity contribution is 0.178. The third kappa shape index (κ3) is 3.67. The molecule has 2 aromatic rings. The average Bonchev–Trinajstić information content (AvgIpc) is 2.87. The molecular weight excluding hydrogens is 308 g/mol. The average molecular weight is 332 g/mol. The van der Waals surface area contributed by atoms with Crippen molar-refractivity contribution in [1.82, 2.24) is 9.88 Å². The summed E-state index contributed by atoms with van der Waals surface area (Å²) in [5.74, 6) is 1.61. The van der Waals surface area contributed by atoms with Gasteiger partial charge in [-0.3, -0.25) is 9.69 Å². The maximum atomic E-state index is 11.9. The van der Waals surface area contributed by atoms with Crippen molar-refractivity contribution in [3.05, 3.63) is 38.3 Å². The standard InChI is InChI=1S/C18H24N2O2S/c1-12-5-4-8-20(10-12)11-16-17(19-18(21)23-16)14-6-7-15(22-3)13(2)9-14/h6-7,9,12H,4-5,8,10-11H2,1-3H3,(H,19,21). The fourth-order valence-corrected chi connectivity index (χ4v) is 4.27. The number of hydrogen-bond acceptors (Lipinski definition) is 4. The zero-order chi connectivity index (χ0) is 16.4. The first-order valence-corrected chi connectivity index (χ1v) is 8.98. The smallest absolute Gasteiger partial charge is 0.305 e. The Labute approximate surface area is 141 Å². The summed E-state index contributed by atoms with van der Waals surface area (Å²) in [6.07, 6.45) is 2.56. The van der Waals surface area contributed by atoms with Gasteiger partial charge in [-0.15, -0.1) is 0 Å². The fourth-order valence-electron chi connectivity index (χ4n) is 3.37. The predicted molar refractivity (Wildman–Crippen MR) is 95.3 cm³/mol. The van der Waals surface area contributed by atoms with Crippen LogP contribution in [0.4, 0.5) is 0 Å². The molecule has 1 unspecified atom stereocenters. The lowest BCUT2D eigenvalue weighted by Gasteiger charge is -2.30. The Bertz CT molecular complexity index is 735. The summed E-state index contributed by atoms with van der Waals surface area (Å²) in [5.41, 5.74) is 3.10. The lowest BCUT2D eigenvalue weighted by Crippen LogP contribution is -2.33. The number of aromatic nitrogens is 1. The molecule has 23 heavy (non-hydrogen) atoms. The number of nitrogens with zero attached hydrogens (tertiary/aromatic N) is 1. The third-order valence-electron chi connectivity index (χ3n) is 4.51. The molecule has 1 atom stereocenters. The normalized spacial score (nSPS) is 19.0. The summed E-state index contributed by atoms with van der Waals surface area (Å²) < 4.78 is 5.33. The summed E-state index contributed by atoms with van der Waals surface area (Å²) in [6, 6.07) is 6.07. The quantitative estimate of drug-likeness (QED) is 0.929. The van der Waals surface area contributed by atoms with Crippen LogP contribution in [0.1, 0.15) is 30.2 Å². The Morgan fingerprint density at radius 2 is 2.26 bits per heavy atom. The van der Waals surface area contributed by atoms with Gasteiger partial charge in [-0.1, -0.05) is 18.3 Å². The van der Waals surface area contributed by atoms with Crippen LogP contribution in [0.5, 0.6) is 5.75 Å². The molecule has 0 spiro atoms. The second-order valence-electron chi connectivity index (χ2n) is 6.48. The van der Waals surface area contributed by atoms with Gasteiger partial charge in [-0.2, -0.15) is 0 Å². The molecule has 1 aromatic heterocycles. The Morgan fingerprint density at radius 1 is 1.43 bits per heavy atom. The number of methoxy groups -OCH3 is 1. The number of ether oxygens (including phenoxy) is 1. The predicted octanol–water partition coefficient (Wildman–Crippen LogP) is 3.65. The second kappa shape index (κ2) is 6.89. The number of likely N-dealkylation sites (tertiary alicyclic amines) is 1. The molecule has 5 heteroatoms. The van der Waals surface area contributed by atoms with Crippen molar-refractivity contribution in [1.29, 1.82) is 0 Å². The maximum Gasteiger partial charge on any atom is 0.305 e. The summed E-state index contributed by atoms with van der Waals surface area (Å²) in [6.45, 7) is 7.43. The van der Waals surface area contributed by atoms with E-state index in [0.29, 0.717) is 0 Å². The van der Waals surface area contributed by atoms with Crippen LogP contribution < -0.4 is 9.61 Å². The molecule has 3 rings (SSSR count). The van der Waals surface area contributed by atoms with Crippen LogP contribution in [0, 0.1) is 12.8 Å². The molecular formula is C18H24N2O2S. The first-order chi connectivity index (χ1) is 11.1. The summed E-state index contributed by atoms with van der Waals surface area (Å²) in [7, 11) is 1.68. The van der Waals surface area contributed by atoms with Crippen LogP contribution in [0.25, 0.3) is 11.3 Å². The van der Waals surface area contributed by atoms with E-state index in [4.69, 9.17) is 4.74 Å². The Morgan fingerprint density at radius 3 is 2.96 bits per heavy atom. The molecule has 0 amide bonds. The Balaban J connectivity index is 1.88. The molecule has 0 bridgehead atoms. The van der Waals surface area contributed by atoms with Crippen molar-refractivity contribution in [2.24, 2.45) is 5.92 Å². The van der Waals surface area contributed by atoms with Crippen LogP contribution >= 0.6 is 11.3 Å². The monoisotopic (exact) mass is 332 g/mol. The number of benzene rings is 1. The molecule has 1 fully saturated rings. The highest BCUT2D eigenvalue weighted by molar-refractivity contribution is 7.09. The summed E-state index contributed by atoms with van der Waals surface area (Å²) >= 11 is 1.34. The van der Waals surface area contributed by atoms with Gasteiger partial charge in [0.05, 0.1) is 12.8 Å². The number of hydrogen-bond donors (Lipinski definition) is 1. The molecule has 1 N–H and O–H groups in total. The fraction of sp³-hybridized carbons (Fsp3) is 0.500. The van der Waals surface area contributed by atoms with E-state index in [1.165, 1.54) is 24.2 Å². The van der Waals surface area contributed by atoms with E-state index in [1.54, 1.807) is 7.11 Å². The minimum Gasteiger partial charge on any atom is -0.496 e. The van der Waals surface area contributed by atoms with Crippen molar-refractivity contribution in [3.8, 4) is 17.0 Å². The molecule has 124 valence electrons. The molecule has 2 heterocycles. The van der Waals surface area contributed by atoms with E-state index in [9.17, 15) is 4.79 Å². The van der Waals surface area contributed by atoms with Crippen molar-refractivity contribution >= 4 is 11.3 Å². The van der Waals surface area contributed by atoms with Gasteiger partial charge in [0.15, 0.2) is 0 Å². The minimum absolute atomic E-state index is 0.0218. The number of aryl methyl sites for hydroxylation is 1. The van der Waals surface area contributed by atoms with E-state index in [1.807, 2.05) is 19.1 Å². The lowest BCUT2D eigenvalue weighted by atomic mass is 10.00. The first kappa shape index (κ1) is 16.3. The van der Waals surface area contributed by atoms with Gasteiger partial charge in [0.25, 0.3) is 0 Å². The van der Waals surface area contributed by atoms with Crippen LogP contribution in [-0.2, 0) is 6.54 Å². The molecule has 1 aliphatic rings. The van der Waals surface area contributed by atoms with Gasteiger partial charge < -0.3 is 9.72 Å². The third-order valence-corrected chi connectivity index (χ3v) is 5.38. The number of rotatable bonds is 4. The van der Waals surface area contributed by atoms with E-state index < -0.39 is 0 Å². The SMILES string of the molecule is COc1ccc(-c2[nH]c(=O)sc2CN2CCCC(C)C2)cc1C. The van der Waals surface area contributed by atoms with Gasteiger partial charge in [-0.25, -0.2) is 0 Å². The molecule has 1 aliphatic heterocycles. The number of aromatic amines is 1. The zero-order valence-corrected chi connectivity index (χ0v) is 14.8. The topological polar surface area (TPSA) is 45.3 Å². The molecule has 1 saturated heterocycles. The number of nitrogens with one attached hydrogen (secondary N) is 1. The van der Waals surface area contributed by atoms with Gasteiger partial charge >= 0.3 is 4.87 Å². The Hall–Kier alpha value is -1.59. The maximum absolute atomic E-state index is 11.9. The van der Waals surface area contributed by atoms with E-state index in [2.05, 4.69) is 22.9 Å². The van der Waals surface area contributed by atoms with Crippen LogP contribution in [-0.4, -0.2) is 30.1 Å². The molecule has 0 aliphatic carbocycles. The molecule has 4 nitrogen and oxygen atoms in total. The highest BCUT2D eigenvalue weighted by Gasteiger charge is 2.19. The van der Waals surface area contributed by atoms with E-state index >= 15 is 0 Å². The van der Waals surface area contributed by atoms with Crippen molar-refractivity contribution in [2.75, 3.05) is 20.2 Å². The van der Waals surface area contributed by atoms with Gasteiger partial charge in [-0.05, 0) is 61.6 Å². The van der Waals surface area contributed by atoms with Gasteiger partial charge in [0.2, 0.25) is 0 Å². The number of piperidine rings is 1. The number of thiazole rings is 1. The highest BCUT2D eigenvalue weighted by atomic mass is 32.1. The highest BCUT2D eigenvalue weighted by Crippen LogP contribution is 2.29.